The van der Waals surface area contributed by atoms with Gasteiger partial charge >= 0.3 is 6.01 Å². The second kappa shape index (κ2) is 6.88. The van der Waals surface area contributed by atoms with Crippen LogP contribution in [0.1, 0.15) is 26.2 Å². The number of aromatic nitrogens is 3. The van der Waals surface area contributed by atoms with Gasteiger partial charge in [-0.1, -0.05) is 6.92 Å². The Labute approximate surface area is 117 Å². The van der Waals surface area contributed by atoms with E-state index in [9.17, 15) is 4.79 Å². The first-order chi connectivity index (χ1) is 9.72. The van der Waals surface area contributed by atoms with Crippen molar-refractivity contribution in [2.75, 3.05) is 30.8 Å². The van der Waals surface area contributed by atoms with E-state index in [2.05, 4.69) is 37.8 Å². The first kappa shape index (κ1) is 14.3. The number of nitrogens with one attached hydrogen (secondary N) is 3. The fourth-order valence-electron chi connectivity index (χ4n) is 1.89. The predicted molar refractivity (Wildman–Crippen MR) is 74.8 cm³/mol. The van der Waals surface area contributed by atoms with Crippen LogP contribution in [0, 0.1) is 0 Å². The number of rotatable bonds is 6. The molecule has 1 aliphatic heterocycles. The molecule has 3 N–H and O–H groups in total. The quantitative estimate of drug-likeness (QED) is 0.693. The van der Waals surface area contributed by atoms with E-state index in [1.807, 2.05) is 0 Å². The average Bonchev–Trinajstić information content (AvgIpc) is 2.47. The van der Waals surface area contributed by atoms with Crippen LogP contribution in [0.4, 0.5) is 11.9 Å². The minimum Gasteiger partial charge on any atom is -0.467 e. The molecule has 8 nitrogen and oxygen atoms in total. The van der Waals surface area contributed by atoms with E-state index in [0.717, 1.165) is 32.4 Å². The molecule has 8 heteroatoms. The summed E-state index contributed by atoms with van der Waals surface area (Å²) in [6, 6.07) is -0.0906. The van der Waals surface area contributed by atoms with Crippen LogP contribution in [-0.2, 0) is 4.79 Å². The fourth-order valence-corrected chi connectivity index (χ4v) is 1.89. The molecule has 2 rings (SSSR count). The lowest BCUT2D eigenvalue weighted by Crippen LogP contribution is -2.44. The lowest BCUT2D eigenvalue weighted by Gasteiger charge is -2.22. The highest BCUT2D eigenvalue weighted by Crippen LogP contribution is 2.14. The number of nitrogens with zero attached hydrogens (tertiary/aromatic N) is 3. The Kier molecular flexibility index (Phi) is 4.91. The SMILES string of the molecule is CCCNc1nc(NC2CCCNC2=O)nc(OC)n1. The predicted octanol–water partition coefficient (Wildman–Crippen LogP) is 0.393. The van der Waals surface area contributed by atoms with Crippen molar-refractivity contribution in [1.82, 2.24) is 20.3 Å². The molecule has 110 valence electrons. The Morgan fingerprint density at radius 2 is 2.15 bits per heavy atom. The second-order valence-corrected chi connectivity index (χ2v) is 4.53. The summed E-state index contributed by atoms with van der Waals surface area (Å²) in [5.74, 6) is 0.758. The van der Waals surface area contributed by atoms with Gasteiger partial charge in [-0.15, -0.1) is 0 Å². The van der Waals surface area contributed by atoms with Gasteiger partial charge in [-0.3, -0.25) is 4.79 Å². The standard InChI is InChI=1S/C12H20N6O2/c1-3-6-14-10-16-11(18-12(17-10)20-2)15-8-5-4-7-13-9(8)19/h8H,3-7H2,1-2H3,(H,13,19)(H2,14,15,16,17,18). The summed E-state index contributed by atoms with van der Waals surface area (Å²) in [5.41, 5.74) is 0. The third-order valence-corrected chi connectivity index (χ3v) is 2.92. The zero-order valence-electron chi connectivity index (χ0n) is 11.8. The van der Waals surface area contributed by atoms with Crippen LogP contribution in [0.15, 0.2) is 0 Å². The highest BCUT2D eigenvalue weighted by Gasteiger charge is 2.23. The third kappa shape index (κ3) is 3.69. The number of methoxy groups -OCH3 is 1. The third-order valence-electron chi connectivity index (χ3n) is 2.92. The Hall–Kier alpha value is -2.12. The molecule has 0 radical (unpaired) electrons. The van der Waals surface area contributed by atoms with E-state index < -0.39 is 0 Å². The zero-order valence-corrected chi connectivity index (χ0v) is 11.8. The van der Waals surface area contributed by atoms with Gasteiger partial charge in [0, 0.05) is 13.1 Å². The van der Waals surface area contributed by atoms with Crippen LogP contribution in [0.3, 0.4) is 0 Å². The number of carbonyl (C=O) groups excluding carboxylic acids is 1. The van der Waals surface area contributed by atoms with Crippen molar-refractivity contribution >= 4 is 17.8 Å². The first-order valence-corrected chi connectivity index (χ1v) is 6.81. The maximum atomic E-state index is 11.7. The minimum atomic E-state index is -0.310. The Bertz CT molecular complexity index is 467. The molecule has 2 heterocycles. The van der Waals surface area contributed by atoms with E-state index >= 15 is 0 Å². The molecule has 1 aromatic heterocycles. The Morgan fingerprint density at radius 1 is 1.35 bits per heavy atom. The van der Waals surface area contributed by atoms with E-state index in [1.54, 1.807) is 0 Å². The lowest BCUT2D eigenvalue weighted by molar-refractivity contribution is -0.123. The monoisotopic (exact) mass is 280 g/mol. The largest absolute Gasteiger partial charge is 0.467 e. The van der Waals surface area contributed by atoms with Crippen molar-refractivity contribution in [1.29, 1.82) is 0 Å². The first-order valence-electron chi connectivity index (χ1n) is 6.81. The minimum absolute atomic E-state index is 0.0290. The van der Waals surface area contributed by atoms with Crippen molar-refractivity contribution in [2.45, 2.75) is 32.2 Å². The molecule has 1 atom stereocenters. The second-order valence-electron chi connectivity index (χ2n) is 4.53. The van der Waals surface area contributed by atoms with E-state index in [0.29, 0.717) is 11.9 Å². The summed E-state index contributed by atoms with van der Waals surface area (Å²) >= 11 is 0. The lowest BCUT2D eigenvalue weighted by atomic mass is 10.1. The molecule has 0 spiro atoms. The van der Waals surface area contributed by atoms with Gasteiger partial charge in [-0.05, 0) is 19.3 Å². The zero-order chi connectivity index (χ0) is 14.4. The molecule has 0 aromatic carbocycles. The molecule has 0 bridgehead atoms. The van der Waals surface area contributed by atoms with Crippen LogP contribution in [0.2, 0.25) is 0 Å². The van der Waals surface area contributed by atoms with Gasteiger partial charge in [0.25, 0.3) is 0 Å². The van der Waals surface area contributed by atoms with Gasteiger partial charge in [0.05, 0.1) is 7.11 Å². The molecule has 1 unspecified atom stereocenters. The number of hydrogen-bond acceptors (Lipinski definition) is 7. The number of amides is 1. The molecule has 1 aromatic rings. The number of carbonyl (C=O) groups is 1. The number of ether oxygens (including phenoxy) is 1. The van der Waals surface area contributed by atoms with Gasteiger partial charge in [0.2, 0.25) is 17.8 Å². The highest BCUT2D eigenvalue weighted by molar-refractivity contribution is 5.84. The molecule has 0 saturated carbocycles. The van der Waals surface area contributed by atoms with Crippen LogP contribution in [0.25, 0.3) is 0 Å². The maximum Gasteiger partial charge on any atom is 0.322 e. The van der Waals surface area contributed by atoms with Gasteiger partial charge in [0.1, 0.15) is 6.04 Å². The van der Waals surface area contributed by atoms with Gasteiger partial charge in [0.15, 0.2) is 0 Å². The summed E-state index contributed by atoms with van der Waals surface area (Å²) in [6.45, 7) is 3.54. The number of hydrogen-bond donors (Lipinski definition) is 3. The van der Waals surface area contributed by atoms with Crippen molar-refractivity contribution in [3.05, 3.63) is 0 Å². The smallest absolute Gasteiger partial charge is 0.322 e. The van der Waals surface area contributed by atoms with Crippen molar-refractivity contribution in [3.8, 4) is 6.01 Å². The van der Waals surface area contributed by atoms with E-state index in [-0.39, 0.29) is 18.0 Å². The summed E-state index contributed by atoms with van der Waals surface area (Å²) in [4.78, 5) is 24.2. The van der Waals surface area contributed by atoms with Gasteiger partial charge in [-0.2, -0.15) is 15.0 Å². The van der Waals surface area contributed by atoms with Crippen molar-refractivity contribution in [3.63, 3.8) is 0 Å². The van der Waals surface area contributed by atoms with Crippen LogP contribution < -0.4 is 20.7 Å². The highest BCUT2D eigenvalue weighted by atomic mass is 16.5. The maximum absolute atomic E-state index is 11.7. The number of anilines is 2. The van der Waals surface area contributed by atoms with E-state index in [1.165, 1.54) is 7.11 Å². The van der Waals surface area contributed by atoms with Gasteiger partial charge < -0.3 is 20.7 Å². The van der Waals surface area contributed by atoms with E-state index in [4.69, 9.17) is 4.74 Å². The molecule has 1 amide bonds. The van der Waals surface area contributed by atoms with Crippen LogP contribution in [0.5, 0.6) is 6.01 Å². The topological polar surface area (TPSA) is 101 Å². The summed E-state index contributed by atoms with van der Waals surface area (Å²) < 4.78 is 5.05. The molecule has 0 aliphatic carbocycles. The molecule has 1 fully saturated rings. The van der Waals surface area contributed by atoms with Crippen LogP contribution in [-0.4, -0.2) is 47.1 Å². The average molecular weight is 280 g/mol. The summed E-state index contributed by atoms with van der Waals surface area (Å²) in [6.07, 6.45) is 2.66. The van der Waals surface area contributed by atoms with Crippen LogP contribution >= 0.6 is 0 Å². The normalized spacial score (nSPS) is 18.3. The summed E-state index contributed by atoms with van der Waals surface area (Å²) in [5, 5.41) is 8.91. The molecule has 1 saturated heterocycles. The van der Waals surface area contributed by atoms with Crippen molar-refractivity contribution < 1.29 is 9.53 Å². The molecular weight excluding hydrogens is 260 g/mol. The Balaban J connectivity index is 2.10. The number of piperidine rings is 1. The van der Waals surface area contributed by atoms with Crippen molar-refractivity contribution in [2.24, 2.45) is 0 Å². The molecule has 20 heavy (non-hydrogen) atoms. The fraction of sp³-hybridized carbons (Fsp3) is 0.667. The Morgan fingerprint density at radius 3 is 2.85 bits per heavy atom. The molecular formula is C12H20N6O2. The van der Waals surface area contributed by atoms with Gasteiger partial charge in [-0.25, -0.2) is 0 Å². The summed E-state index contributed by atoms with van der Waals surface area (Å²) in [7, 11) is 1.50. The molecule has 1 aliphatic rings.